The second kappa shape index (κ2) is 7.48. The van der Waals surface area contributed by atoms with Crippen LogP contribution in [0.4, 0.5) is 0 Å². The van der Waals surface area contributed by atoms with Crippen LogP contribution in [0.1, 0.15) is 26.2 Å². The van der Waals surface area contributed by atoms with E-state index in [9.17, 15) is 0 Å². The maximum absolute atomic E-state index is 3.58. The Kier molecular flexibility index (Phi) is 7.05. The molecule has 0 aliphatic heterocycles. The van der Waals surface area contributed by atoms with Crippen LogP contribution in [0, 0.1) is 6.42 Å². The molecule has 0 bridgehead atoms. The Bertz CT molecular complexity index is 80.0. The van der Waals surface area contributed by atoms with E-state index < -0.39 is 0 Å². The SMILES string of the molecule is C=C/C=C\C[CH]CCC. The first kappa shape index (κ1) is 8.48. The van der Waals surface area contributed by atoms with Crippen LogP contribution >= 0.6 is 0 Å². The van der Waals surface area contributed by atoms with Crippen molar-refractivity contribution in [2.75, 3.05) is 0 Å². The largest absolute Gasteiger partial charge is 0.0991 e. The minimum Gasteiger partial charge on any atom is -0.0991 e. The Morgan fingerprint density at radius 2 is 2.22 bits per heavy atom. The summed E-state index contributed by atoms with van der Waals surface area (Å²) in [5.41, 5.74) is 0. The smallest absolute Gasteiger partial charge is 0.0316 e. The van der Waals surface area contributed by atoms with E-state index in [2.05, 4.69) is 26.0 Å². The number of unbranched alkanes of at least 4 members (excludes halogenated alkanes) is 3. The summed E-state index contributed by atoms with van der Waals surface area (Å²) in [5, 5.41) is 0. The van der Waals surface area contributed by atoms with Crippen molar-refractivity contribution in [3.05, 3.63) is 31.2 Å². The second-order valence-electron chi connectivity index (χ2n) is 1.98. The lowest BCUT2D eigenvalue weighted by Gasteiger charge is -1.88. The van der Waals surface area contributed by atoms with Crippen molar-refractivity contribution >= 4 is 0 Å². The minimum atomic E-state index is 1.08. The highest BCUT2D eigenvalue weighted by Crippen LogP contribution is 1.97. The Morgan fingerprint density at radius 3 is 2.78 bits per heavy atom. The molecule has 1 radical (unpaired) electrons. The fourth-order valence-electron chi connectivity index (χ4n) is 0.593. The predicted molar refractivity (Wildman–Crippen MR) is 43.2 cm³/mol. The monoisotopic (exact) mass is 123 g/mol. The fourth-order valence-corrected chi connectivity index (χ4v) is 0.593. The van der Waals surface area contributed by atoms with Gasteiger partial charge in [-0.2, -0.15) is 0 Å². The Balaban J connectivity index is 2.90. The lowest BCUT2D eigenvalue weighted by Crippen LogP contribution is -1.70. The minimum absolute atomic E-state index is 1.08. The third-order valence-corrected chi connectivity index (χ3v) is 1.07. The van der Waals surface area contributed by atoms with Gasteiger partial charge in [-0.1, -0.05) is 44.6 Å². The van der Waals surface area contributed by atoms with Crippen molar-refractivity contribution in [2.45, 2.75) is 26.2 Å². The Labute approximate surface area is 58.3 Å². The summed E-state index contributed by atoms with van der Waals surface area (Å²) in [6, 6.07) is 0. The van der Waals surface area contributed by atoms with Crippen LogP contribution in [0.3, 0.4) is 0 Å². The van der Waals surface area contributed by atoms with Crippen molar-refractivity contribution < 1.29 is 0 Å². The van der Waals surface area contributed by atoms with Crippen LogP contribution in [0.15, 0.2) is 24.8 Å². The molecule has 0 heterocycles. The van der Waals surface area contributed by atoms with E-state index in [1.807, 2.05) is 6.08 Å². The molecule has 0 aliphatic carbocycles. The molecule has 0 nitrogen and oxygen atoms in total. The van der Waals surface area contributed by atoms with E-state index >= 15 is 0 Å². The highest BCUT2D eigenvalue weighted by molar-refractivity contribution is 4.98. The number of hydrogen-bond donors (Lipinski definition) is 0. The molecule has 0 aromatic carbocycles. The first-order valence-electron chi connectivity index (χ1n) is 3.51. The van der Waals surface area contributed by atoms with E-state index in [1.165, 1.54) is 12.8 Å². The van der Waals surface area contributed by atoms with Crippen LogP contribution < -0.4 is 0 Å². The molecule has 0 N–H and O–H groups in total. The molecule has 0 atom stereocenters. The van der Waals surface area contributed by atoms with Gasteiger partial charge in [0.15, 0.2) is 0 Å². The van der Waals surface area contributed by atoms with Crippen molar-refractivity contribution in [1.29, 1.82) is 0 Å². The van der Waals surface area contributed by atoms with Crippen molar-refractivity contribution in [3.8, 4) is 0 Å². The Morgan fingerprint density at radius 1 is 1.44 bits per heavy atom. The molecule has 0 amide bonds. The topological polar surface area (TPSA) is 0 Å². The van der Waals surface area contributed by atoms with Gasteiger partial charge in [0.1, 0.15) is 0 Å². The van der Waals surface area contributed by atoms with Crippen molar-refractivity contribution in [1.82, 2.24) is 0 Å². The van der Waals surface area contributed by atoms with Crippen LogP contribution in [-0.2, 0) is 0 Å². The molecular weight excluding hydrogens is 108 g/mol. The van der Waals surface area contributed by atoms with E-state index in [0.717, 1.165) is 6.42 Å². The maximum Gasteiger partial charge on any atom is -0.0316 e. The molecule has 51 valence electrons. The van der Waals surface area contributed by atoms with Crippen molar-refractivity contribution in [2.24, 2.45) is 0 Å². The van der Waals surface area contributed by atoms with Gasteiger partial charge in [-0.3, -0.25) is 0 Å². The summed E-state index contributed by atoms with van der Waals surface area (Å²) >= 11 is 0. The molecule has 0 saturated carbocycles. The summed E-state index contributed by atoms with van der Waals surface area (Å²) in [6.07, 6.45) is 11.7. The average molecular weight is 123 g/mol. The van der Waals surface area contributed by atoms with Crippen molar-refractivity contribution in [3.63, 3.8) is 0 Å². The Hall–Kier alpha value is -0.520. The lowest BCUT2D eigenvalue weighted by atomic mass is 10.2. The third kappa shape index (κ3) is 7.48. The van der Waals surface area contributed by atoms with Gasteiger partial charge in [0.25, 0.3) is 0 Å². The molecular formula is C9H15. The van der Waals surface area contributed by atoms with Crippen LogP contribution in [0.25, 0.3) is 0 Å². The summed E-state index contributed by atoms with van der Waals surface area (Å²) in [4.78, 5) is 0. The van der Waals surface area contributed by atoms with Crippen LogP contribution in [0.5, 0.6) is 0 Å². The highest BCUT2D eigenvalue weighted by atomic mass is 13.8. The van der Waals surface area contributed by atoms with Gasteiger partial charge < -0.3 is 0 Å². The maximum atomic E-state index is 3.58. The predicted octanol–water partition coefficient (Wildman–Crippen LogP) is 3.12. The van der Waals surface area contributed by atoms with E-state index in [1.54, 1.807) is 6.08 Å². The molecule has 0 rings (SSSR count). The molecule has 0 spiro atoms. The van der Waals surface area contributed by atoms with Crippen LogP contribution in [-0.4, -0.2) is 0 Å². The third-order valence-electron chi connectivity index (χ3n) is 1.07. The van der Waals surface area contributed by atoms with Gasteiger partial charge in [0.2, 0.25) is 0 Å². The van der Waals surface area contributed by atoms with Crippen LogP contribution in [0.2, 0.25) is 0 Å². The van der Waals surface area contributed by atoms with E-state index in [4.69, 9.17) is 0 Å². The normalized spacial score (nSPS) is 10.3. The zero-order valence-corrected chi connectivity index (χ0v) is 6.14. The summed E-state index contributed by atoms with van der Waals surface area (Å²) in [5.74, 6) is 0. The standard InChI is InChI=1S/C9H15/c1-3-5-7-9-8-6-4-2/h3,5,7-8H,1,4,6,9H2,2H3/b7-5-. The van der Waals surface area contributed by atoms with Gasteiger partial charge in [-0.05, 0) is 12.8 Å². The fraction of sp³-hybridized carbons (Fsp3) is 0.444. The molecule has 0 aromatic rings. The average Bonchev–Trinajstić information content (AvgIpc) is 1.89. The zero-order valence-electron chi connectivity index (χ0n) is 6.14. The summed E-state index contributed by atoms with van der Waals surface area (Å²) in [6.45, 7) is 5.77. The van der Waals surface area contributed by atoms with Gasteiger partial charge in [0, 0.05) is 0 Å². The van der Waals surface area contributed by atoms with E-state index in [-0.39, 0.29) is 0 Å². The lowest BCUT2D eigenvalue weighted by molar-refractivity contribution is 0.874. The molecule has 0 fully saturated rings. The second-order valence-corrected chi connectivity index (χ2v) is 1.98. The highest BCUT2D eigenvalue weighted by Gasteiger charge is 1.79. The quantitative estimate of drug-likeness (QED) is 0.389. The molecule has 0 saturated heterocycles. The summed E-state index contributed by atoms with van der Waals surface area (Å²) in [7, 11) is 0. The molecule has 0 aromatic heterocycles. The van der Waals surface area contributed by atoms with Gasteiger partial charge in [-0.15, -0.1) is 0 Å². The van der Waals surface area contributed by atoms with Gasteiger partial charge in [0.05, 0.1) is 0 Å². The molecule has 0 heteroatoms. The molecule has 0 unspecified atom stereocenters. The van der Waals surface area contributed by atoms with Gasteiger partial charge >= 0.3 is 0 Å². The molecule has 9 heavy (non-hydrogen) atoms. The first-order valence-corrected chi connectivity index (χ1v) is 3.51. The van der Waals surface area contributed by atoms with Gasteiger partial charge in [-0.25, -0.2) is 0 Å². The molecule has 0 aliphatic rings. The number of rotatable bonds is 5. The zero-order chi connectivity index (χ0) is 6.95. The number of allylic oxidation sites excluding steroid dienone is 3. The first-order chi connectivity index (χ1) is 4.41. The number of hydrogen-bond acceptors (Lipinski definition) is 0. The summed E-state index contributed by atoms with van der Waals surface area (Å²) < 4.78 is 0. The van der Waals surface area contributed by atoms with E-state index in [0.29, 0.717) is 0 Å².